The van der Waals surface area contributed by atoms with Gasteiger partial charge in [0, 0.05) is 30.0 Å². The summed E-state index contributed by atoms with van der Waals surface area (Å²) in [5, 5.41) is 0.00488. The maximum atomic E-state index is 11.7. The Morgan fingerprint density at radius 3 is 2.19 bits per heavy atom. The summed E-state index contributed by atoms with van der Waals surface area (Å²) in [7, 11) is -3.99. The molecule has 0 amide bonds. The summed E-state index contributed by atoms with van der Waals surface area (Å²) in [4.78, 5) is 4.03. The van der Waals surface area contributed by atoms with Gasteiger partial charge in [-0.1, -0.05) is 6.07 Å². The molecule has 1 saturated heterocycles. The van der Waals surface area contributed by atoms with Gasteiger partial charge in [-0.15, -0.1) is 0 Å². The number of rotatable bonds is 3. The van der Waals surface area contributed by atoms with Gasteiger partial charge in [0.1, 0.15) is 0 Å². The largest absolute Gasteiger partial charge is 0.496 e. The third-order valence-corrected chi connectivity index (χ3v) is 5.11. The minimum atomic E-state index is -3.40. The predicted octanol–water partition coefficient (Wildman–Crippen LogP) is 0.243. The molecule has 0 aliphatic carbocycles. The molecule has 6 nitrogen and oxygen atoms in total. The van der Waals surface area contributed by atoms with Gasteiger partial charge in [-0.2, -0.15) is 0 Å². The highest BCUT2D eigenvalue weighted by atomic mass is 32.2. The van der Waals surface area contributed by atoms with Gasteiger partial charge in [0.2, 0.25) is 0 Å². The molecule has 1 fully saturated rings. The normalized spacial score (nSPS) is 20.8. The first-order valence-electron chi connectivity index (χ1n) is 6.72. The van der Waals surface area contributed by atoms with E-state index in [0.29, 0.717) is 11.0 Å². The molecule has 2 rings (SSSR count). The molecule has 8 heteroatoms. The monoisotopic (exact) mass is 312 g/mol. The van der Waals surface area contributed by atoms with Gasteiger partial charge in [-0.3, -0.25) is 0 Å². The van der Waals surface area contributed by atoms with Crippen molar-refractivity contribution in [3.05, 3.63) is 17.8 Å². The van der Waals surface area contributed by atoms with Gasteiger partial charge < -0.3 is 15.0 Å². The lowest BCUT2D eigenvalue weighted by molar-refractivity contribution is 0.00578. The quantitative estimate of drug-likeness (QED) is 0.804. The van der Waals surface area contributed by atoms with Crippen molar-refractivity contribution in [1.82, 2.24) is 4.98 Å². The van der Waals surface area contributed by atoms with Crippen molar-refractivity contribution >= 4 is 22.4 Å². The van der Waals surface area contributed by atoms with Crippen molar-refractivity contribution in [3.63, 3.8) is 0 Å². The lowest BCUT2D eigenvalue weighted by Crippen LogP contribution is -2.41. The minimum absolute atomic E-state index is 0.00488. The van der Waals surface area contributed by atoms with Crippen LogP contribution in [-0.2, 0) is 25.7 Å². The fourth-order valence-electron chi connectivity index (χ4n) is 2.10. The van der Waals surface area contributed by atoms with Crippen molar-refractivity contribution in [2.24, 2.45) is 5.73 Å². The van der Waals surface area contributed by atoms with E-state index in [2.05, 4.69) is 4.98 Å². The second-order valence-corrected chi connectivity index (χ2v) is 8.23. The number of hydrogen-bond donors (Lipinski definition) is 1. The Morgan fingerprint density at radius 2 is 1.76 bits per heavy atom. The Balaban J connectivity index is 2.40. The summed E-state index contributed by atoms with van der Waals surface area (Å²) in [6, 6.07) is 1.69. The Morgan fingerprint density at radius 1 is 1.24 bits per heavy atom. The third-order valence-electron chi connectivity index (χ3n) is 4.04. The maximum absolute atomic E-state index is 11.7. The van der Waals surface area contributed by atoms with E-state index in [1.54, 1.807) is 6.07 Å². The molecule has 0 atom stereocenters. The molecule has 21 heavy (non-hydrogen) atoms. The van der Waals surface area contributed by atoms with Crippen LogP contribution in [0.1, 0.15) is 33.3 Å². The SMILES string of the molecule is CC1(C)OB(c2cnc(S(C)(=O)=O)c(CN)c2)OC1(C)C. The molecule has 0 saturated carbocycles. The van der Waals surface area contributed by atoms with E-state index in [0.717, 1.165) is 6.26 Å². The van der Waals surface area contributed by atoms with Crippen LogP contribution in [0.3, 0.4) is 0 Å². The Bertz CT molecular complexity index is 642. The van der Waals surface area contributed by atoms with Crippen molar-refractivity contribution in [2.75, 3.05) is 6.26 Å². The van der Waals surface area contributed by atoms with Gasteiger partial charge in [0.05, 0.1) is 11.2 Å². The summed E-state index contributed by atoms with van der Waals surface area (Å²) in [6.07, 6.45) is 2.58. The highest BCUT2D eigenvalue weighted by Gasteiger charge is 2.51. The standard InChI is InChI=1S/C13H21BN2O4S/c1-12(2)13(3,4)20-14(19-12)10-6-9(7-15)11(16-8-10)21(5,17)18/h6,8H,7,15H2,1-5H3. The van der Waals surface area contributed by atoms with Crippen LogP contribution in [0.25, 0.3) is 0 Å². The fourth-order valence-corrected chi connectivity index (χ4v) is 2.97. The van der Waals surface area contributed by atoms with Crippen LogP contribution >= 0.6 is 0 Å². The number of hydrogen-bond acceptors (Lipinski definition) is 6. The first-order chi connectivity index (χ1) is 9.48. The van der Waals surface area contributed by atoms with Gasteiger partial charge >= 0.3 is 7.12 Å². The van der Waals surface area contributed by atoms with Crippen LogP contribution in [-0.4, -0.2) is 38.0 Å². The summed E-state index contributed by atoms with van der Waals surface area (Å²) < 4.78 is 35.2. The van der Waals surface area contributed by atoms with Gasteiger partial charge in [-0.05, 0) is 27.7 Å². The Labute approximate surface area is 126 Å². The second kappa shape index (κ2) is 5.05. The first-order valence-corrected chi connectivity index (χ1v) is 8.62. The van der Waals surface area contributed by atoms with E-state index < -0.39 is 28.2 Å². The molecule has 0 aromatic carbocycles. The average Bonchev–Trinajstić information content (AvgIpc) is 2.56. The second-order valence-electron chi connectivity index (χ2n) is 6.30. The number of nitrogens with zero attached hydrogens (tertiary/aromatic N) is 1. The van der Waals surface area contributed by atoms with E-state index in [4.69, 9.17) is 15.0 Å². The molecule has 2 heterocycles. The Hall–Kier alpha value is -0.955. The zero-order valence-electron chi connectivity index (χ0n) is 13.0. The van der Waals surface area contributed by atoms with Gasteiger partial charge in [0.25, 0.3) is 0 Å². The summed E-state index contributed by atoms with van der Waals surface area (Å²) >= 11 is 0. The number of aromatic nitrogens is 1. The zero-order chi connectivity index (χ0) is 16.1. The third kappa shape index (κ3) is 2.99. The first kappa shape index (κ1) is 16.4. The van der Waals surface area contributed by atoms with Crippen LogP contribution in [0.4, 0.5) is 0 Å². The molecule has 1 aromatic heterocycles. The van der Waals surface area contributed by atoms with Crippen molar-refractivity contribution in [1.29, 1.82) is 0 Å². The predicted molar refractivity (Wildman–Crippen MR) is 81.0 cm³/mol. The summed E-state index contributed by atoms with van der Waals surface area (Å²) in [5.74, 6) is 0. The molecule has 0 bridgehead atoms. The molecule has 0 spiro atoms. The lowest BCUT2D eigenvalue weighted by atomic mass is 9.80. The van der Waals surface area contributed by atoms with Crippen LogP contribution < -0.4 is 11.2 Å². The fraction of sp³-hybridized carbons (Fsp3) is 0.615. The maximum Gasteiger partial charge on any atom is 0.496 e. The van der Waals surface area contributed by atoms with E-state index >= 15 is 0 Å². The average molecular weight is 312 g/mol. The topological polar surface area (TPSA) is 91.5 Å². The molecule has 0 radical (unpaired) electrons. The molecule has 1 aliphatic rings. The summed E-state index contributed by atoms with van der Waals surface area (Å²) in [5.41, 5.74) is 5.84. The smallest absolute Gasteiger partial charge is 0.399 e. The van der Waals surface area contributed by atoms with Gasteiger partial charge in [-0.25, -0.2) is 13.4 Å². The number of pyridine rings is 1. The van der Waals surface area contributed by atoms with Crippen LogP contribution in [0, 0.1) is 0 Å². The number of sulfone groups is 1. The van der Waals surface area contributed by atoms with Crippen molar-refractivity contribution in [2.45, 2.75) is 50.5 Å². The molecular formula is C13H21BN2O4S. The molecule has 0 unspecified atom stereocenters. The zero-order valence-corrected chi connectivity index (χ0v) is 13.8. The highest BCUT2D eigenvalue weighted by molar-refractivity contribution is 7.90. The van der Waals surface area contributed by atoms with Crippen molar-refractivity contribution < 1.29 is 17.7 Å². The van der Waals surface area contributed by atoms with E-state index in [-0.39, 0.29) is 11.6 Å². The Kier molecular flexibility index (Phi) is 3.95. The molecular weight excluding hydrogens is 291 g/mol. The summed E-state index contributed by atoms with van der Waals surface area (Å²) in [6.45, 7) is 7.90. The van der Waals surface area contributed by atoms with Crippen LogP contribution in [0.5, 0.6) is 0 Å². The molecule has 116 valence electrons. The van der Waals surface area contributed by atoms with E-state index in [1.807, 2.05) is 27.7 Å². The molecule has 2 N–H and O–H groups in total. The van der Waals surface area contributed by atoms with Gasteiger partial charge in [0.15, 0.2) is 14.9 Å². The number of nitrogens with two attached hydrogens (primary N) is 1. The minimum Gasteiger partial charge on any atom is -0.399 e. The van der Waals surface area contributed by atoms with Crippen LogP contribution in [0.15, 0.2) is 17.3 Å². The van der Waals surface area contributed by atoms with E-state index in [9.17, 15) is 8.42 Å². The molecule has 1 aromatic rings. The van der Waals surface area contributed by atoms with Crippen molar-refractivity contribution in [3.8, 4) is 0 Å². The van der Waals surface area contributed by atoms with E-state index in [1.165, 1.54) is 6.20 Å². The molecule has 1 aliphatic heterocycles. The van der Waals surface area contributed by atoms with Crippen LogP contribution in [0.2, 0.25) is 0 Å². The lowest BCUT2D eigenvalue weighted by Gasteiger charge is -2.32. The highest BCUT2D eigenvalue weighted by Crippen LogP contribution is 2.36.